The number of furan rings is 1. The highest BCUT2D eigenvalue weighted by Crippen LogP contribution is 2.22. The van der Waals surface area contributed by atoms with Crippen molar-refractivity contribution in [1.29, 1.82) is 0 Å². The molecule has 0 amide bonds. The van der Waals surface area contributed by atoms with Crippen LogP contribution in [0.3, 0.4) is 0 Å². The Kier molecular flexibility index (Phi) is 4.58. The van der Waals surface area contributed by atoms with Gasteiger partial charge in [0.25, 0.3) is 0 Å². The van der Waals surface area contributed by atoms with Gasteiger partial charge in [0.2, 0.25) is 0 Å². The lowest BCUT2D eigenvalue weighted by molar-refractivity contribution is -0.0145. The maximum atomic E-state index is 6.06. The molecule has 0 bridgehead atoms. The zero-order valence-corrected chi connectivity index (χ0v) is 13.7. The largest absolute Gasteiger partial charge is 0.460 e. The molecular weight excluding hydrogens is 300 g/mol. The zero-order chi connectivity index (χ0) is 16.2. The molecular formula is C20H22N2O2. The summed E-state index contributed by atoms with van der Waals surface area (Å²) in [5, 5.41) is 1.17. The summed E-state index contributed by atoms with van der Waals surface area (Å²) < 4.78 is 12.0. The number of pyridine rings is 1. The molecule has 0 saturated carbocycles. The van der Waals surface area contributed by atoms with Crippen molar-refractivity contribution in [3.63, 3.8) is 0 Å². The first-order valence-corrected chi connectivity index (χ1v) is 8.58. The normalized spacial score (nSPS) is 18.9. The maximum Gasteiger partial charge on any atom is 0.134 e. The smallest absolute Gasteiger partial charge is 0.134 e. The third-order valence-electron chi connectivity index (χ3n) is 4.51. The van der Waals surface area contributed by atoms with Crippen LogP contribution >= 0.6 is 0 Å². The van der Waals surface area contributed by atoms with Crippen molar-refractivity contribution in [2.24, 2.45) is 0 Å². The molecule has 0 radical (unpaired) electrons. The van der Waals surface area contributed by atoms with Crippen LogP contribution < -0.4 is 0 Å². The van der Waals surface area contributed by atoms with Crippen LogP contribution in [0.2, 0.25) is 0 Å². The van der Waals surface area contributed by atoms with Gasteiger partial charge in [-0.25, -0.2) is 0 Å². The van der Waals surface area contributed by atoms with Crippen molar-refractivity contribution in [3.8, 4) is 0 Å². The molecule has 1 fully saturated rings. The summed E-state index contributed by atoms with van der Waals surface area (Å²) in [7, 11) is 0. The number of ether oxygens (including phenoxy) is 1. The van der Waals surface area contributed by atoms with Gasteiger partial charge < -0.3 is 9.15 Å². The lowest BCUT2D eigenvalue weighted by Crippen LogP contribution is -2.39. The minimum Gasteiger partial charge on any atom is -0.460 e. The predicted octanol–water partition coefficient (Wildman–Crippen LogP) is 4.01. The fourth-order valence-corrected chi connectivity index (χ4v) is 3.31. The molecule has 1 aliphatic rings. The number of nitrogens with zero attached hydrogens (tertiary/aromatic N) is 2. The first-order valence-electron chi connectivity index (χ1n) is 8.58. The molecule has 0 spiro atoms. The van der Waals surface area contributed by atoms with E-state index in [1.807, 2.05) is 42.6 Å². The van der Waals surface area contributed by atoms with Gasteiger partial charge in [-0.2, -0.15) is 0 Å². The van der Waals surface area contributed by atoms with Crippen LogP contribution in [0.4, 0.5) is 0 Å². The molecule has 1 saturated heterocycles. The molecule has 4 nitrogen and oxygen atoms in total. The highest BCUT2D eigenvalue weighted by atomic mass is 16.5. The van der Waals surface area contributed by atoms with Crippen LogP contribution in [-0.4, -0.2) is 29.1 Å². The Morgan fingerprint density at radius 1 is 1.17 bits per heavy atom. The van der Waals surface area contributed by atoms with E-state index in [4.69, 9.17) is 9.15 Å². The van der Waals surface area contributed by atoms with Gasteiger partial charge in [0, 0.05) is 18.1 Å². The Balaban J connectivity index is 1.34. The van der Waals surface area contributed by atoms with Crippen LogP contribution in [0.15, 0.2) is 59.1 Å². The van der Waals surface area contributed by atoms with E-state index in [1.54, 1.807) is 0 Å². The number of benzene rings is 1. The topological polar surface area (TPSA) is 38.5 Å². The monoisotopic (exact) mass is 322 g/mol. The van der Waals surface area contributed by atoms with Gasteiger partial charge in [-0.15, -0.1) is 0 Å². The lowest BCUT2D eigenvalue weighted by Gasteiger charge is -2.31. The fourth-order valence-electron chi connectivity index (χ4n) is 3.31. The molecule has 4 rings (SSSR count). The second kappa shape index (κ2) is 7.16. The SMILES string of the molecule is c1ccc(CO[C@H]2CCCN(Cc3cc4ccccc4o3)C2)nc1. The van der Waals surface area contributed by atoms with Gasteiger partial charge in [-0.3, -0.25) is 9.88 Å². The first kappa shape index (κ1) is 15.4. The van der Waals surface area contributed by atoms with Crippen LogP contribution in [0, 0.1) is 0 Å². The number of hydrogen-bond donors (Lipinski definition) is 0. The van der Waals surface area contributed by atoms with E-state index < -0.39 is 0 Å². The molecule has 124 valence electrons. The zero-order valence-electron chi connectivity index (χ0n) is 13.7. The Labute approximate surface area is 142 Å². The Bertz CT molecular complexity index is 751. The van der Waals surface area contributed by atoms with E-state index in [1.165, 1.54) is 5.39 Å². The molecule has 0 aliphatic carbocycles. The van der Waals surface area contributed by atoms with Gasteiger partial charge >= 0.3 is 0 Å². The Morgan fingerprint density at radius 3 is 2.96 bits per heavy atom. The quantitative estimate of drug-likeness (QED) is 0.711. The fraction of sp³-hybridized carbons (Fsp3) is 0.350. The molecule has 2 aromatic heterocycles. The summed E-state index contributed by atoms with van der Waals surface area (Å²) in [6.45, 7) is 3.48. The Hall–Kier alpha value is -2.17. The maximum absolute atomic E-state index is 6.06. The summed E-state index contributed by atoms with van der Waals surface area (Å²) >= 11 is 0. The standard InChI is InChI=1S/C20H22N2O2/c1-2-9-20-16(6-1)12-19(24-20)14-22-11-5-8-18(13-22)23-15-17-7-3-4-10-21-17/h1-4,6-7,9-10,12,18H,5,8,11,13-15H2/t18-/m0/s1. The minimum atomic E-state index is 0.269. The molecule has 0 unspecified atom stereocenters. The van der Waals surface area contributed by atoms with Crippen molar-refractivity contribution in [2.75, 3.05) is 13.1 Å². The summed E-state index contributed by atoms with van der Waals surface area (Å²) in [4.78, 5) is 6.74. The van der Waals surface area contributed by atoms with Crippen LogP contribution in [-0.2, 0) is 17.9 Å². The third kappa shape index (κ3) is 3.66. The second-order valence-corrected chi connectivity index (χ2v) is 6.38. The molecule has 3 heterocycles. The summed E-state index contributed by atoms with van der Waals surface area (Å²) in [5.41, 5.74) is 1.96. The van der Waals surface area contributed by atoms with Crippen molar-refractivity contribution in [3.05, 3.63) is 66.2 Å². The van der Waals surface area contributed by atoms with Crippen molar-refractivity contribution in [1.82, 2.24) is 9.88 Å². The van der Waals surface area contributed by atoms with E-state index in [-0.39, 0.29) is 6.10 Å². The first-order chi connectivity index (χ1) is 11.9. The van der Waals surface area contributed by atoms with E-state index in [0.717, 1.165) is 49.5 Å². The molecule has 24 heavy (non-hydrogen) atoms. The van der Waals surface area contributed by atoms with Gasteiger partial charge in [0.1, 0.15) is 11.3 Å². The van der Waals surface area contributed by atoms with E-state index in [2.05, 4.69) is 22.0 Å². The minimum absolute atomic E-state index is 0.269. The Morgan fingerprint density at radius 2 is 2.08 bits per heavy atom. The average molecular weight is 322 g/mol. The average Bonchev–Trinajstić information content (AvgIpc) is 3.03. The molecule has 1 atom stereocenters. The van der Waals surface area contributed by atoms with Gasteiger partial charge in [0.15, 0.2) is 0 Å². The second-order valence-electron chi connectivity index (χ2n) is 6.38. The van der Waals surface area contributed by atoms with Gasteiger partial charge in [-0.1, -0.05) is 24.3 Å². The predicted molar refractivity (Wildman–Crippen MR) is 93.5 cm³/mol. The van der Waals surface area contributed by atoms with Crippen LogP contribution in [0.25, 0.3) is 11.0 Å². The molecule has 1 aliphatic heterocycles. The number of rotatable bonds is 5. The third-order valence-corrected chi connectivity index (χ3v) is 4.51. The van der Waals surface area contributed by atoms with Crippen LogP contribution in [0.1, 0.15) is 24.3 Å². The number of aromatic nitrogens is 1. The van der Waals surface area contributed by atoms with E-state index >= 15 is 0 Å². The highest BCUT2D eigenvalue weighted by Gasteiger charge is 2.21. The number of hydrogen-bond acceptors (Lipinski definition) is 4. The van der Waals surface area contributed by atoms with Gasteiger partial charge in [-0.05, 0) is 43.7 Å². The molecule has 4 heteroatoms. The summed E-state index contributed by atoms with van der Waals surface area (Å²) in [6, 6.07) is 16.3. The van der Waals surface area contributed by atoms with Crippen LogP contribution in [0.5, 0.6) is 0 Å². The number of fused-ring (bicyclic) bond motifs is 1. The van der Waals surface area contributed by atoms with Crippen molar-refractivity contribution < 1.29 is 9.15 Å². The highest BCUT2D eigenvalue weighted by molar-refractivity contribution is 5.77. The molecule has 1 aromatic carbocycles. The molecule has 0 N–H and O–H groups in total. The number of para-hydroxylation sites is 1. The van der Waals surface area contributed by atoms with Crippen molar-refractivity contribution >= 4 is 11.0 Å². The van der Waals surface area contributed by atoms with E-state index in [9.17, 15) is 0 Å². The van der Waals surface area contributed by atoms with E-state index in [0.29, 0.717) is 6.61 Å². The molecule has 3 aromatic rings. The summed E-state index contributed by atoms with van der Waals surface area (Å²) in [6.07, 6.45) is 4.36. The van der Waals surface area contributed by atoms with Gasteiger partial charge in [0.05, 0.1) is 24.9 Å². The van der Waals surface area contributed by atoms with Crippen molar-refractivity contribution in [2.45, 2.75) is 32.1 Å². The lowest BCUT2D eigenvalue weighted by atomic mass is 10.1. The number of piperidine rings is 1. The summed E-state index contributed by atoms with van der Waals surface area (Å²) in [5.74, 6) is 1.03. The number of likely N-dealkylation sites (tertiary alicyclic amines) is 1.